The van der Waals surface area contributed by atoms with E-state index in [9.17, 15) is 19.2 Å². The predicted molar refractivity (Wildman–Crippen MR) is 144 cm³/mol. The third kappa shape index (κ3) is 5.03. The number of thioether (sulfide) groups is 1. The number of Topliss-reactive ketones (excluding diaryl/α,β-unsaturated/α-hetero) is 1. The van der Waals surface area contributed by atoms with Gasteiger partial charge in [-0.25, -0.2) is 0 Å². The van der Waals surface area contributed by atoms with Crippen LogP contribution in [0.2, 0.25) is 0 Å². The summed E-state index contributed by atoms with van der Waals surface area (Å²) in [6.45, 7) is 1.47. The lowest BCUT2D eigenvalue weighted by molar-refractivity contribution is -0.132. The molecule has 2 aliphatic heterocycles. The molecule has 0 N–H and O–H groups in total. The Labute approximate surface area is 221 Å². The number of carbonyl (C=O) groups is 4. The van der Waals surface area contributed by atoms with Crippen LogP contribution in [0, 0.1) is 0 Å². The monoisotopic (exact) mass is 565 g/mol. The van der Waals surface area contributed by atoms with Gasteiger partial charge in [0, 0.05) is 45.8 Å². The number of rotatable bonds is 6. The molecule has 2 saturated heterocycles. The molecule has 0 aliphatic carbocycles. The summed E-state index contributed by atoms with van der Waals surface area (Å²) in [6, 6.07) is 14.4. The molecular formula is C27H24BrN3O4S. The number of fused-ring (bicyclic) bond motifs is 1. The van der Waals surface area contributed by atoms with Gasteiger partial charge in [-0.3, -0.25) is 24.1 Å². The fourth-order valence-corrected chi connectivity index (χ4v) is 5.76. The number of hydrogen-bond acceptors (Lipinski definition) is 5. The molecule has 0 saturated carbocycles. The third-order valence-corrected chi connectivity index (χ3v) is 7.85. The molecule has 2 fully saturated rings. The number of carbonyl (C=O) groups excluding carboxylic acids is 4. The highest BCUT2D eigenvalue weighted by Gasteiger charge is 2.36. The van der Waals surface area contributed by atoms with Crippen LogP contribution in [0.25, 0.3) is 17.0 Å². The maximum atomic E-state index is 13.1. The number of piperidine rings is 1. The van der Waals surface area contributed by atoms with Gasteiger partial charge in [-0.1, -0.05) is 46.3 Å². The Morgan fingerprint density at radius 2 is 1.72 bits per heavy atom. The maximum absolute atomic E-state index is 13.1. The van der Waals surface area contributed by atoms with Crippen LogP contribution in [0.1, 0.15) is 35.2 Å². The van der Waals surface area contributed by atoms with Crippen LogP contribution < -0.4 is 0 Å². The van der Waals surface area contributed by atoms with Crippen molar-refractivity contribution in [3.8, 4) is 0 Å². The van der Waals surface area contributed by atoms with Gasteiger partial charge in [0.05, 0.1) is 11.4 Å². The molecule has 184 valence electrons. The van der Waals surface area contributed by atoms with Gasteiger partial charge in [-0.05, 0) is 55.3 Å². The van der Waals surface area contributed by atoms with E-state index < -0.39 is 11.1 Å². The minimum atomic E-state index is -0.491. The highest BCUT2D eigenvalue weighted by molar-refractivity contribution is 9.10. The van der Waals surface area contributed by atoms with Crippen molar-refractivity contribution in [3.05, 3.63) is 75.2 Å². The van der Waals surface area contributed by atoms with Gasteiger partial charge in [-0.2, -0.15) is 0 Å². The van der Waals surface area contributed by atoms with Gasteiger partial charge >= 0.3 is 0 Å². The Kier molecular flexibility index (Phi) is 7.11. The zero-order valence-electron chi connectivity index (χ0n) is 19.5. The lowest BCUT2D eigenvalue weighted by Gasteiger charge is -2.27. The zero-order chi connectivity index (χ0) is 25.2. The molecule has 1 aromatic heterocycles. The van der Waals surface area contributed by atoms with Crippen molar-refractivity contribution in [2.45, 2.75) is 25.8 Å². The van der Waals surface area contributed by atoms with E-state index in [-0.39, 0.29) is 29.7 Å². The summed E-state index contributed by atoms with van der Waals surface area (Å²) in [7, 11) is 0. The second kappa shape index (κ2) is 10.4. The van der Waals surface area contributed by atoms with Crippen molar-refractivity contribution in [1.82, 2.24) is 14.4 Å². The van der Waals surface area contributed by atoms with E-state index in [0.717, 1.165) is 70.0 Å². The molecule has 7 nitrogen and oxygen atoms in total. The highest BCUT2D eigenvalue weighted by atomic mass is 79.9. The fourth-order valence-electron chi connectivity index (χ4n) is 4.57. The first-order chi connectivity index (χ1) is 17.4. The van der Waals surface area contributed by atoms with E-state index in [1.165, 1.54) is 0 Å². The molecule has 0 radical (unpaired) electrons. The molecule has 0 spiro atoms. The van der Waals surface area contributed by atoms with Gasteiger partial charge in [0.15, 0.2) is 5.78 Å². The number of imide groups is 1. The van der Waals surface area contributed by atoms with Crippen LogP contribution in [-0.2, 0) is 16.1 Å². The number of halogens is 1. The first-order valence-corrected chi connectivity index (χ1v) is 13.4. The minimum absolute atomic E-state index is 0.0702. The summed E-state index contributed by atoms with van der Waals surface area (Å²) in [6.07, 6.45) is 6.73. The molecule has 36 heavy (non-hydrogen) atoms. The zero-order valence-corrected chi connectivity index (χ0v) is 21.9. The van der Waals surface area contributed by atoms with E-state index >= 15 is 0 Å². The first kappa shape index (κ1) is 24.5. The summed E-state index contributed by atoms with van der Waals surface area (Å²) in [5.41, 5.74) is 2.05. The normalized spacial score (nSPS) is 17.4. The number of benzene rings is 2. The Bertz CT molecular complexity index is 1390. The highest BCUT2D eigenvalue weighted by Crippen LogP contribution is 2.35. The van der Waals surface area contributed by atoms with E-state index in [1.807, 2.05) is 33.9 Å². The average Bonchev–Trinajstić information content (AvgIpc) is 3.35. The van der Waals surface area contributed by atoms with Gasteiger partial charge in [-0.15, -0.1) is 0 Å². The molecule has 0 atom stereocenters. The summed E-state index contributed by atoms with van der Waals surface area (Å²) < 4.78 is 2.76. The van der Waals surface area contributed by atoms with Gasteiger partial charge in [0.1, 0.15) is 6.54 Å². The topological polar surface area (TPSA) is 79.7 Å². The molecule has 9 heteroatoms. The standard InChI is InChI=1S/C27H24BrN3O4S/c28-20-9-10-22-21(14-20)19(15-30(22)17-25(33)29-11-5-2-6-12-29)13-24-26(34)31(27(35)36-24)16-23(32)18-7-3-1-4-8-18/h1,3-4,7-10,13-15H,2,5-6,11-12,16-17H2/b24-13-. The van der Waals surface area contributed by atoms with Crippen LogP contribution in [0.3, 0.4) is 0 Å². The van der Waals surface area contributed by atoms with Crippen LogP contribution >= 0.6 is 27.7 Å². The Hall–Kier alpha value is -3.17. The van der Waals surface area contributed by atoms with Crippen molar-refractivity contribution in [2.24, 2.45) is 0 Å². The van der Waals surface area contributed by atoms with Gasteiger partial charge in [0.25, 0.3) is 11.1 Å². The number of amides is 3. The Morgan fingerprint density at radius 3 is 2.47 bits per heavy atom. The second-order valence-electron chi connectivity index (χ2n) is 8.87. The molecular weight excluding hydrogens is 542 g/mol. The Morgan fingerprint density at radius 1 is 0.972 bits per heavy atom. The number of nitrogens with zero attached hydrogens (tertiary/aromatic N) is 3. The SMILES string of the molecule is O=C(CN1C(=O)S/C(=C\c2cn(CC(=O)N3CCCCC3)c3ccc(Br)cc23)C1=O)c1ccccc1. The van der Waals surface area contributed by atoms with Crippen LogP contribution in [-0.4, -0.2) is 56.8 Å². The van der Waals surface area contributed by atoms with E-state index in [4.69, 9.17) is 0 Å². The molecule has 0 bridgehead atoms. The van der Waals surface area contributed by atoms with Crippen molar-refractivity contribution >= 4 is 67.5 Å². The number of aromatic nitrogens is 1. The van der Waals surface area contributed by atoms with Crippen molar-refractivity contribution in [3.63, 3.8) is 0 Å². The fraction of sp³-hybridized carbons (Fsp3) is 0.259. The quantitative estimate of drug-likeness (QED) is 0.298. The molecule has 0 unspecified atom stereocenters. The number of hydrogen-bond donors (Lipinski definition) is 0. The molecule has 2 aromatic carbocycles. The van der Waals surface area contributed by atoms with Crippen LogP contribution in [0.15, 0.2) is 64.1 Å². The summed E-state index contributed by atoms with van der Waals surface area (Å²) in [5.74, 6) is -0.716. The van der Waals surface area contributed by atoms with Gasteiger partial charge < -0.3 is 9.47 Å². The first-order valence-electron chi connectivity index (χ1n) is 11.8. The predicted octanol–water partition coefficient (Wildman–Crippen LogP) is 5.34. The summed E-state index contributed by atoms with van der Waals surface area (Å²) >= 11 is 4.33. The molecule has 3 amide bonds. The van der Waals surface area contributed by atoms with Crippen molar-refractivity contribution in [2.75, 3.05) is 19.6 Å². The van der Waals surface area contributed by atoms with E-state index in [2.05, 4.69) is 15.9 Å². The average molecular weight is 566 g/mol. The van der Waals surface area contributed by atoms with Crippen LogP contribution in [0.5, 0.6) is 0 Å². The number of ketones is 1. The van der Waals surface area contributed by atoms with Crippen molar-refractivity contribution < 1.29 is 19.2 Å². The smallest absolute Gasteiger partial charge is 0.293 e. The lowest BCUT2D eigenvalue weighted by Crippen LogP contribution is -2.37. The summed E-state index contributed by atoms with van der Waals surface area (Å²) in [5, 5.41) is 0.392. The third-order valence-electron chi connectivity index (χ3n) is 6.45. The molecule has 3 aromatic rings. The largest absolute Gasteiger partial charge is 0.341 e. The minimum Gasteiger partial charge on any atom is -0.341 e. The molecule has 5 rings (SSSR count). The van der Waals surface area contributed by atoms with Crippen LogP contribution in [0.4, 0.5) is 4.79 Å². The summed E-state index contributed by atoms with van der Waals surface area (Å²) in [4.78, 5) is 54.3. The van der Waals surface area contributed by atoms with E-state index in [1.54, 1.807) is 36.4 Å². The van der Waals surface area contributed by atoms with Crippen molar-refractivity contribution in [1.29, 1.82) is 0 Å². The van der Waals surface area contributed by atoms with E-state index in [0.29, 0.717) is 5.56 Å². The Balaban J connectivity index is 1.41. The van der Waals surface area contributed by atoms with Gasteiger partial charge in [0.2, 0.25) is 5.91 Å². The maximum Gasteiger partial charge on any atom is 0.293 e. The molecule has 2 aliphatic rings. The number of likely N-dealkylation sites (tertiary alicyclic amines) is 1. The lowest BCUT2D eigenvalue weighted by atomic mass is 10.1. The second-order valence-corrected chi connectivity index (χ2v) is 10.8. The molecule has 3 heterocycles.